The van der Waals surface area contributed by atoms with Gasteiger partial charge in [0.1, 0.15) is 16.9 Å². The molecule has 1 amide bonds. The minimum Gasteiger partial charge on any atom is -0.487 e. The van der Waals surface area contributed by atoms with E-state index in [0.29, 0.717) is 13.1 Å². The number of rotatable bonds is 1. The molecule has 2 aromatic rings. The van der Waals surface area contributed by atoms with E-state index in [0.717, 1.165) is 31.4 Å². The third-order valence-electron chi connectivity index (χ3n) is 5.46. The highest BCUT2D eigenvalue weighted by atomic mass is 16.5. The summed E-state index contributed by atoms with van der Waals surface area (Å²) in [6.45, 7) is 1.25. The average Bonchev–Trinajstić information content (AvgIpc) is 2.64. The van der Waals surface area contributed by atoms with Crippen LogP contribution in [0.3, 0.4) is 0 Å². The van der Waals surface area contributed by atoms with Crippen molar-refractivity contribution < 1.29 is 9.53 Å². The van der Waals surface area contributed by atoms with E-state index in [1.165, 1.54) is 10.1 Å². The number of para-hydroxylation sites is 1. The van der Waals surface area contributed by atoms with Crippen molar-refractivity contribution in [2.45, 2.75) is 31.3 Å². The lowest BCUT2D eigenvalue weighted by atomic mass is 9.83. The number of likely N-dealkylation sites (tertiary alicyclic amines) is 1. The molecular weight excluding hydrogens is 316 g/mol. The number of piperidine rings is 1. The molecule has 5 nitrogen and oxygen atoms in total. The molecular formula is C20H22N2O3. The van der Waals surface area contributed by atoms with Gasteiger partial charge in [0.2, 0.25) is 0 Å². The maximum atomic E-state index is 12.7. The number of carbonyl (C=O) groups excluding carboxylic acids is 1. The Morgan fingerprint density at radius 1 is 1.08 bits per heavy atom. The largest absolute Gasteiger partial charge is 0.487 e. The highest BCUT2D eigenvalue weighted by molar-refractivity contribution is 5.93. The Kier molecular flexibility index (Phi) is 3.86. The molecule has 1 aromatic heterocycles. The van der Waals surface area contributed by atoms with Crippen molar-refractivity contribution >= 4 is 5.91 Å². The maximum absolute atomic E-state index is 12.7. The fourth-order valence-corrected chi connectivity index (χ4v) is 3.86. The first-order valence-corrected chi connectivity index (χ1v) is 8.80. The van der Waals surface area contributed by atoms with Gasteiger partial charge < -0.3 is 14.2 Å². The van der Waals surface area contributed by atoms with Crippen LogP contribution in [0.2, 0.25) is 0 Å². The summed E-state index contributed by atoms with van der Waals surface area (Å²) in [6.07, 6.45) is 5.28. The van der Waals surface area contributed by atoms with Gasteiger partial charge in [-0.2, -0.15) is 0 Å². The molecule has 0 N–H and O–H groups in total. The van der Waals surface area contributed by atoms with Gasteiger partial charge in [0.05, 0.1) is 0 Å². The summed E-state index contributed by atoms with van der Waals surface area (Å²) < 4.78 is 7.78. The Morgan fingerprint density at radius 2 is 1.84 bits per heavy atom. The third kappa shape index (κ3) is 2.84. The van der Waals surface area contributed by atoms with Crippen molar-refractivity contribution in [1.82, 2.24) is 9.47 Å². The van der Waals surface area contributed by atoms with E-state index in [4.69, 9.17) is 4.74 Å². The Bertz CT molecular complexity index is 863. The summed E-state index contributed by atoms with van der Waals surface area (Å²) in [5.41, 5.74) is 1.10. The van der Waals surface area contributed by atoms with Gasteiger partial charge in [0.15, 0.2) is 0 Å². The summed E-state index contributed by atoms with van der Waals surface area (Å²) in [7, 11) is 1.66. The van der Waals surface area contributed by atoms with Crippen molar-refractivity contribution in [2.24, 2.45) is 7.05 Å². The Hall–Kier alpha value is -2.56. The molecule has 0 bridgehead atoms. The van der Waals surface area contributed by atoms with Gasteiger partial charge in [0.25, 0.3) is 11.5 Å². The number of hydrogen-bond acceptors (Lipinski definition) is 3. The van der Waals surface area contributed by atoms with Gasteiger partial charge in [-0.1, -0.05) is 18.2 Å². The highest BCUT2D eigenvalue weighted by Gasteiger charge is 2.40. The number of hydrogen-bond donors (Lipinski definition) is 0. The lowest BCUT2D eigenvalue weighted by molar-refractivity contribution is -0.0107. The van der Waals surface area contributed by atoms with Crippen molar-refractivity contribution in [3.8, 4) is 5.75 Å². The summed E-state index contributed by atoms with van der Waals surface area (Å²) in [4.78, 5) is 26.7. The van der Waals surface area contributed by atoms with Crippen LogP contribution in [0.4, 0.5) is 0 Å². The van der Waals surface area contributed by atoms with Crippen LogP contribution in [0.1, 0.15) is 35.2 Å². The Labute approximate surface area is 146 Å². The zero-order chi connectivity index (χ0) is 17.4. The molecule has 5 heteroatoms. The van der Waals surface area contributed by atoms with E-state index in [9.17, 15) is 9.59 Å². The molecule has 1 fully saturated rings. The monoisotopic (exact) mass is 338 g/mol. The molecule has 0 unspecified atom stereocenters. The summed E-state index contributed by atoms with van der Waals surface area (Å²) in [6, 6.07) is 11.5. The van der Waals surface area contributed by atoms with E-state index in [2.05, 4.69) is 6.07 Å². The summed E-state index contributed by atoms with van der Waals surface area (Å²) >= 11 is 0. The van der Waals surface area contributed by atoms with Crippen LogP contribution < -0.4 is 10.3 Å². The van der Waals surface area contributed by atoms with Gasteiger partial charge in [-0.3, -0.25) is 9.59 Å². The van der Waals surface area contributed by atoms with Crippen LogP contribution in [-0.2, 0) is 13.5 Å². The first-order valence-electron chi connectivity index (χ1n) is 8.80. The standard InChI is InChI=1S/C20H22N2O3/c1-21-12-4-6-16(18(21)23)19(24)22-13-10-20(11-14-22)9-8-15-5-2-3-7-17(15)25-20/h2-7,12H,8-11,13-14H2,1H3. The Balaban J connectivity index is 1.48. The van der Waals surface area contributed by atoms with Crippen LogP contribution in [0, 0.1) is 0 Å². The zero-order valence-corrected chi connectivity index (χ0v) is 14.4. The lowest BCUT2D eigenvalue weighted by Crippen LogP contribution is -2.51. The van der Waals surface area contributed by atoms with Crippen molar-refractivity contribution in [2.75, 3.05) is 13.1 Å². The van der Waals surface area contributed by atoms with Crippen LogP contribution in [0.5, 0.6) is 5.75 Å². The number of pyridine rings is 1. The van der Waals surface area contributed by atoms with Crippen molar-refractivity contribution in [3.63, 3.8) is 0 Å². The number of benzene rings is 1. The number of aromatic nitrogens is 1. The topological polar surface area (TPSA) is 51.5 Å². The Morgan fingerprint density at radius 3 is 2.64 bits per heavy atom. The van der Waals surface area contributed by atoms with Crippen LogP contribution in [0.25, 0.3) is 0 Å². The molecule has 25 heavy (non-hydrogen) atoms. The predicted octanol–water partition coefficient (Wildman–Crippen LogP) is 2.39. The number of ether oxygens (including phenoxy) is 1. The lowest BCUT2D eigenvalue weighted by Gasteiger charge is -2.44. The molecule has 1 saturated heterocycles. The molecule has 4 rings (SSSR count). The summed E-state index contributed by atoms with van der Waals surface area (Å²) in [5.74, 6) is 0.803. The average molecular weight is 338 g/mol. The van der Waals surface area contributed by atoms with Crippen molar-refractivity contribution in [3.05, 3.63) is 64.1 Å². The zero-order valence-electron chi connectivity index (χ0n) is 14.4. The number of carbonyl (C=O) groups is 1. The minimum atomic E-state index is -0.240. The quantitative estimate of drug-likeness (QED) is 0.802. The molecule has 0 atom stereocenters. The summed E-state index contributed by atoms with van der Waals surface area (Å²) in [5, 5.41) is 0. The van der Waals surface area contributed by atoms with Gasteiger partial charge in [-0.15, -0.1) is 0 Å². The van der Waals surface area contributed by atoms with E-state index < -0.39 is 0 Å². The molecule has 0 saturated carbocycles. The minimum absolute atomic E-state index is 0.174. The van der Waals surface area contributed by atoms with Crippen LogP contribution >= 0.6 is 0 Å². The maximum Gasteiger partial charge on any atom is 0.263 e. The smallest absolute Gasteiger partial charge is 0.263 e. The van der Waals surface area contributed by atoms with Gasteiger partial charge in [-0.25, -0.2) is 0 Å². The van der Waals surface area contributed by atoms with E-state index in [1.807, 2.05) is 18.2 Å². The third-order valence-corrected chi connectivity index (χ3v) is 5.46. The predicted molar refractivity (Wildman–Crippen MR) is 94.9 cm³/mol. The van der Waals surface area contributed by atoms with Crippen LogP contribution in [-0.4, -0.2) is 34.1 Å². The normalized spacial score (nSPS) is 18.5. The fraction of sp³-hybridized carbons (Fsp3) is 0.400. The van der Waals surface area contributed by atoms with Crippen molar-refractivity contribution in [1.29, 1.82) is 0 Å². The van der Waals surface area contributed by atoms with E-state index in [-0.39, 0.29) is 22.6 Å². The van der Waals surface area contributed by atoms with E-state index >= 15 is 0 Å². The molecule has 1 spiro atoms. The van der Waals surface area contributed by atoms with Gasteiger partial charge >= 0.3 is 0 Å². The number of amides is 1. The molecule has 2 aliphatic heterocycles. The van der Waals surface area contributed by atoms with E-state index in [1.54, 1.807) is 30.3 Å². The SMILES string of the molecule is Cn1cccc(C(=O)N2CCC3(CCc4ccccc4O3)CC2)c1=O. The number of nitrogens with zero attached hydrogens (tertiary/aromatic N) is 2. The fourth-order valence-electron chi connectivity index (χ4n) is 3.86. The molecule has 0 aliphatic carbocycles. The second-order valence-electron chi connectivity index (χ2n) is 7.02. The second-order valence-corrected chi connectivity index (χ2v) is 7.02. The first kappa shape index (κ1) is 15.9. The number of aryl methyl sites for hydroxylation is 2. The van der Waals surface area contributed by atoms with Gasteiger partial charge in [0, 0.05) is 39.2 Å². The molecule has 130 valence electrons. The molecule has 2 aliphatic rings. The molecule has 1 aromatic carbocycles. The highest BCUT2D eigenvalue weighted by Crippen LogP contribution is 2.39. The van der Waals surface area contributed by atoms with Crippen LogP contribution in [0.15, 0.2) is 47.4 Å². The first-order chi connectivity index (χ1) is 12.1. The second kappa shape index (κ2) is 6.06. The number of fused-ring (bicyclic) bond motifs is 1. The molecule has 0 radical (unpaired) electrons. The molecule has 3 heterocycles. The van der Waals surface area contributed by atoms with Gasteiger partial charge in [-0.05, 0) is 36.6 Å².